The maximum atomic E-state index is 5.47. The molecule has 0 aliphatic carbocycles. The van der Waals surface area contributed by atoms with Gasteiger partial charge >= 0.3 is 0 Å². The summed E-state index contributed by atoms with van der Waals surface area (Å²) < 4.78 is 0. The number of nitrogens with two attached hydrogens (primary N) is 1. The molecule has 0 aliphatic heterocycles. The monoisotopic (exact) mass is 232 g/mol. The Morgan fingerprint density at radius 3 is 2.62 bits per heavy atom. The van der Waals surface area contributed by atoms with Crippen molar-refractivity contribution in [1.29, 1.82) is 0 Å². The molecule has 0 saturated heterocycles. The second kappa shape index (κ2) is 5.58. The molecule has 0 unspecified atom stereocenters. The molecule has 2 rings (SSSR count). The summed E-state index contributed by atoms with van der Waals surface area (Å²) in [5.41, 5.74) is 6.63. The number of aromatic nitrogens is 3. The normalized spacial score (nSPS) is 10.3. The number of nitrogens with zero attached hydrogens (tertiary/aromatic N) is 3. The van der Waals surface area contributed by atoms with Crippen molar-refractivity contribution in [3.63, 3.8) is 0 Å². The zero-order valence-electron chi connectivity index (χ0n) is 8.71. The number of hydrogen-bond acceptors (Lipinski definition) is 5. The third-order valence-electron chi connectivity index (χ3n) is 1.98. The molecule has 0 aromatic carbocycles. The van der Waals surface area contributed by atoms with Crippen LogP contribution in [0, 0.1) is 0 Å². The lowest BCUT2D eigenvalue weighted by molar-refractivity contribution is 0.944. The van der Waals surface area contributed by atoms with Gasteiger partial charge in [0, 0.05) is 18.6 Å². The van der Waals surface area contributed by atoms with Gasteiger partial charge in [-0.15, -0.1) is 0 Å². The lowest BCUT2D eigenvalue weighted by Crippen LogP contribution is -2.02. The Bertz CT molecular complexity index is 429. The molecule has 0 fully saturated rings. The summed E-state index contributed by atoms with van der Waals surface area (Å²) in [6.07, 6.45) is 7.77. The highest BCUT2D eigenvalue weighted by molar-refractivity contribution is 7.99. The summed E-state index contributed by atoms with van der Waals surface area (Å²) in [4.78, 5) is 12.5. The van der Waals surface area contributed by atoms with Crippen molar-refractivity contribution in [3.05, 3.63) is 42.5 Å². The molecule has 0 radical (unpaired) electrons. The minimum absolute atomic E-state index is 0.651. The quantitative estimate of drug-likeness (QED) is 0.866. The molecule has 0 atom stereocenters. The summed E-state index contributed by atoms with van der Waals surface area (Å²) in [6, 6.07) is 4.02. The van der Waals surface area contributed by atoms with Crippen LogP contribution in [0.15, 0.2) is 47.0 Å². The van der Waals surface area contributed by atoms with Crippen LogP contribution in [0.3, 0.4) is 0 Å². The Morgan fingerprint density at radius 2 is 2.00 bits per heavy atom. The maximum Gasteiger partial charge on any atom is 0.121 e. The zero-order chi connectivity index (χ0) is 11.2. The highest BCUT2D eigenvalue weighted by atomic mass is 32.2. The van der Waals surface area contributed by atoms with E-state index in [2.05, 4.69) is 15.0 Å². The molecular weight excluding hydrogens is 220 g/mol. The van der Waals surface area contributed by atoms with Crippen LogP contribution in [-0.2, 0) is 6.42 Å². The second-order valence-corrected chi connectivity index (χ2v) is 4.23. The molecule has 0 bridgehead atoms. The van der Waals surface area contributed by atoms with E-state index >= 15 is 0 Å². The molecule has 4 nitrogen and oxygen atoms in total. The molecule has 0 amide bonds. The summed E-state index contributed by atoms with van der Waals surface area (Å²) in [5.74, 6) is 0. The third-order valence-corrected chi connectivity index (χ3v) is 2.85. The smallest absolute Gasteiger partial charge is 0.121 e. The van der Waals surface area contributed by atoms with Gasteiger partial charge in [-0.25, -0.2) is 9.97 Å². The van der Waals surface area contributed by atoms with Gasteiger partial charge in [-0.3, -0.25) is 4.98 Å². The van der Waals surface area contributed by atoms with E-state index in [1.807, 2.05) is 18.3 Å². The summed E-state index contributed by atoms with van der Waals surface area (Å²) in [7, 11) is 0. The van der Waals surface area contributed by atoms with Crippen molar-refractivity contribution in [1.82, 2.24) is 15.0 Å². The molecule has 5 heteroatoms. The molecule has 0 saturated carbocycles. The number of hydrogen-bond donors (Lipinski definition) is 1. The minimum Gasteiger partial charge on any atom is -0.330 e. The average molecular weight is 232 g/mol. The van der Waals surface area contributed by atoms with Crippen LogP contribution in [-0.4, -0.2) is 21.5 Å². The van der Waals surface area contributed by atoms with Crippen molar-refractivity contribution in [2.24, 2.45) is 5.73 Å². The topological polar surface area (TPSA) is 64.7 Å². The number of rotatable bonds is 4. The fourth-order valence-electron chi connectivity index (χ4n) is 1.23. The fourth-order valence-corrected chi connectivity index (χ4v) is 1.91. The van der Waals surface area contributed by atoms with E-state index < -0.39 is 0 Å². The predicted octanol–water partition coefficient (Wildman–Crippen LogP) is 1.52. The van der Waals surface area contributed by atoms with E-state index in [0.29, 0.717) is 6.54 Å². The highest BCUT2D eigenvalue weighted by Crippen LogP contribution is 2.22. The van der Waals surface area contributed by atoms with E-state index in [9.17, 15) is 0 Å². The molecule has 0 spiro atoms. The molecule has 2 N–H and O–H groups in total. The van der Waals surface area contributed by atoms with Crippen molar-refractivity contribution in [3.8, 4) is 0 Å². The molecule has 0 aliphatic rings. The van der Waals surface area contributed by atoms with Gasteiger partial charge in [0.15, 0.2) is 0 Å². The fraction of sp³-hybridized carbons (Fsp3) is 0.182. The average Bonchev–Trinajstić information content (AvgIpc) is 2.33. The number of pyridine rings is 1. The van der Waals surface area contributed by atoms with Gasteiger partial charge in [-0.2, -0.15) is 0 Å². The Hall–Kier alpha value is -1.46. The highest BCUT2D eigenvalue weighted by Gasteiger charge is 1.99. The first-order chi connectivity index (χ1) is 7.88. The first-order valence-electron chi connectivity index (χ1n) is 4.97. The van der Waals surface area contributed by atoms with Crippen LogP contribution in [0.2, 0.25) is 0 Å². The first kappa shape index (κ1) is 11.0. The SMILES string of the molecule is NCCc1ccc(Sc2cnccn2)nc1. The van der Waals surface area contributed by atoms with Crippen molar-refractivity contribution < 1.29 is 0 Å². The molecule has 2 aromatic heterocycles. The van der Waals surface area contributed by atoms with Crippen LogP contribution >= 0.6 is 11.8 Å². The lowest BCUT2D eigenvalue weighted by atomic mass is 10.2. The van der Waals surface area contributed by atoms with Gasteiger partial charge < -0.3 is 5.73 Å². The van der Waals surface area contributed by atoms with E-state index in [1.165, 1.54) is 11.8 Å². The largest absolute Gasteiger partial charge is 0.330 e. The Kier molecular flexibility index (Phi) is 3.85. The Labute approximate surface area is 98.3 Å². The van der Waals surface area contributed by atoms with E-state index in [4.69, 9.17) is 5.73 Å². The zero-order valence-corrected chi connectivity index (χ0v) is 9.52. The maximum absolute atomic E-state index is 5.47. The Morgan fingerprint density at radius 1 is 1.06 bits per heavy atom. The standard InChI is InChI=1S/C11H12N4S/c12-4-3-9-1-2-10(15-7-9)16-11-8-13-5-6-14-11/h1-2,5-8H,3-4,12H2. The van der Waals surface area contributed by atoms with Gasteiger partial charge in [0.05, 0.1) is 6.20 Å². The van der Waals surface area contributed by atoms with E-state index in [1.54, 1.807) is 18.6 Å². The first-order valence-corrected chi connectivity index (χ1v) is 5.79. The van der Waals surface area contributed by atoms with Crippen molar-refractivity contribution in [2.45, 2.75) is 16.5 Å². The molecular formula is C11H12N4S. The van der Waals surface area contributed by atoms with Crippen LogP contribution in [0.5, 0.6) is 0 Å². The molecule has 16 heavy (non-hydrogen) atoms. The lowest BCUT2D eigenvalue weighted by Gasteiger charge is -2.01. The van der Waals surface area contributed by atoms with Gasteiger partial charge in [0.25, 0.3) is 0 Å². The van der Waals surface area contributed by atoms with Gasteiger partial charge in [0.2, 0.25) is 0 Å². The van der Waals surface area contributed by atoms with Crippen LogP contribution < -0.4 is 5.73 Å². The summed E-state index contributed by atoms with van der Waals surface area (Å²) in [5, 5.41) is 1.77. The van der Waals surface area contributed by atoms with Crippen LogP contribution in [0.4, 0.5) is 0 Å². The summed E-state index contributed by atoms with van der Waals surface area (Å²) >= 11 is 1.50. The predicted molar refractivity (Wildman–Crippen MR) is 63.2 cm³/mol. The van der Waals surface area contributed by atoms with Gasteiger partial charge in [0.1, 0.15) is 10.1 Å². The van der Waals surface area contributed by atoms with Gasteiger partial charge in [-0.05, 0) is 36.4 Å². The Balaban J connectivity index is 2.05. The van der Waals surface area contributed by atoms with Crippen LogP contribution in [0.1, 0.15) is 5.56 Å². The van der Waals surface area contributed by atoms with E-state index in [0.717, 1.165) is 22.0 Å². The van der Waals surface area contributed by atoms with Crippen molar-refractivity contribution >= 4 is 11.8 Å². The van der Waals surface area contributed by atoms with E-state index in [-0.39, 0.29) is 0 Å². The van der Waals surface area contributed by atoms with Crippen molar-refractivity contribution in [2.75, 3.05) is 6.54 Å². The third kappa shape index (κ3) is 3.01. The summed E-state index contributed by atoms with van der Waals surface area (Å²) in [6.45, 7) is 0.651. The minimum atomic E-state index is 0.651. The molecule has 82 valence electrons. The molecule has 2 aromatic rings. The van der Waals surface area contributed by atoms with Gasteiger partial charge in [-0.1, -0.05) is 6.07 Å². The van der Waals surface area contributed by atoms with Crippen LogP contribution in [0.25, 0.3) is 0 Å². The molecule has 2 heterocycles. The second-order valence-electron chi connectivity index (χ2n) is 3.19.